The van der Waals surface area contributed by atoms with Gasteiger partial charge in [-0.25, -0.2) is 0 Å². The highest BCUT2D eigenvalue weighted by Crippen LogP contribution is 2.16. The minimum atomic E-state index is -0.219. The highest BCUT2D eigenvalue weighted by molar-refractivity contribution is 5.94. The van der Waals surface area contributed by atoms with Crippen LogP contribution >= 0.6 is 0 Å². The molecule has 0 radical (unpaired) electrons. The van der Waals surface area contributed by atoms with Crippen molar-refractivity contribution in [3.63, 3.8) is 0 Å². The molecule has 0 saturated carbocycles. The third-order valence-corrected chi connectivity index (χ3v) is 3.02. The maximum Gasteiger partial charge on any atom is 0.233 e. The van der Waals surface area contributed by atoms with Gasteiger partial charge in [0.25, 0.3) is 0 Å². The van der Waals surface area contributed by atoms with E-state index in [1.54, 1.807) is 4.57 Å². The van der Waals surface area contributed by atoms with Crippen molar-refractivity contribution in [1.82, 2.24) is 14.8 Å². The van der Waals surface area contributed by atoms with E-state index in [4.69, 9.17) is 0 Å². The maximum absolute atomic E-state index is 12.1. The zero-order chi connectivity index (χ0) is 13.1. The van der Waals surface area contributed by atoms with Crippen LogP contribution in [0.2, 0.25) is 0 Å². The van der Waals surface area contributed by atoms with Crippen LogP contribution in [0.1, 0.15) is 24.2 Å². The molecular weight excluding hydrogens is 228 g/mol. The lowest BCUT2D eigenvalue weighted by atomic mass is 10.0. The number of anilines is 1. The van der Waals surface area contributed by atoms with Crippen LogP contribution in [0.25, 0.3) is 0 Å². The molecule has 1 aromatic heterocycles. The molecule has 1 atom stereocenters. The standard InChI is InChI=1S/C13H16N4O/c1-9(11-7-5-4-6-8-11)12(18)14-13-16-15-10(2)17(13)3/h4-9H,1-3H3,(H,14,16,18). The number of benzene rings is 1. The monoisotopic (exact) mass is 244 g/mol. The van der Waals surface area contributed by atoms with Gasteiger partial charge in [-0.1, -0.05) is 30.3 Å². The predicted octanol–water partition coefficient (Wildman–Crippen LogP) is 1.87. The second kappa shape index (κ2) is 5.00. The van der Waals surface area contributed by atoms with E-state index in [9.17, 15) is 4.79 Å². The number of nitrogens with zero attached hydrogens (tertiary/aromatic N) is 3. The van der Waals surface area contributed by atoms with E-state index in [0.29, 0.717) is 5.95 Å². The normalized spacial score (nSPS) is 12.2. The van der Waals surface area contributed by atoms with Gasteiger partial charge in [-0.3, -0.25) is 10.1 Å². The molecule has 2 rings (SSSR count). The lowest BCUT2D eigenvalue weighted by Gasteiger charge is -2.11. The van der Waals surface area contributed by atoms with E-state index in [1.807, 2.05) is 51.2 Å². The first-order valence-corrected chi connectivity index (χ1v) is 5.81. The van der Waals surface area contributed by atoms with Crippen molar-refractivity contribution in [3.05, 3.63) is 41.7 Å². The highest BCUT2D eigenvalue weighted by atomic mass is 16.2. The summed E-state index contributed by atoms with van der Waals surface area (Å²) in [5.74, 6) is 0.929. The Labute approximate surface area is 106 Å². The average molecular weight is 244 g/mol. The molecule has 0 fully saturated rings. The Balaban J connectivity index is 2.11. The summed E-state index contributed by atoms with van der Waals surface area (Å²) in [6.07, 6.45) is 0. The van der Waals surface area contributed by atoms with Crippen molar-refractivity contribution in [1.29, 1.82) is 0 Å². The van der Waals surface area contributed by atoms with Crippen molar-refractivity contribution in [2.75, 3.05) is 5.32 Å². The van der Waals surface area contributed by atoms with Crippen molar-refractivity contribution in [2.24, 2.45) is 7.05 Å². The second-order valence-corrected chi connectivity index (χ2v) is 4.25. The van der Waals surface area contributed by atoms with Crippen molar-refractivity contribution >= 4 is 11.9 Å². The Hall–Kier alpha value is -2.17. The van der Waals surface area contributed by atoms with Crippen LogP contribution in [-0.2, 0) is 11.8 Å². The van der Waals surface area contributed by atoms with Crippen molar-refractivity contribution in [3.8, 4) is 0 Å². The zero-order valence-corrected chi connectivity index (χ0v) is 10.7. The summed E-state index contributed by atoms with van der Waals surface area (Å²) >= 11 is 0. The molecule has 2 aromatic rings. The van der Waals surface area contributed by atoms with Gasteiger partial charge in [0.05, 0.1) is 5.92 Å². The molecule has 0 aliphatic heterocycles. The van der Waals surface area contributed by atoms with Gasteiger partial charge in [-0.05, 0) is 19.4 Å². The Kier molecular flexibility index (Phi) is 3.41. The number of nitrogens with one attached hydrogen (secondary N) is 1. The van der Waals surface area contributed by atoms with Gasteiger partial charge in [0.15, 0.2) is 0 Å². The third-order valence-electron chi connectivity index (χ3n) is 3.02. The topological polar surface area (TPSA) is 59.8 Å². The third kappa shape index (κ3) is 2.40. The number of aryl methyl sites for hydroxylation is 1. The molecule has 5 nitrogen and oxygen atoms in total. The smallest absolute Gasteiger partial charge is 0.233 e. The Morgan fingerprint density at radius 1 is 1.28 bits per heavy atom. The SMILES string of the molecule is Cc1nnc(NC(=O)C(C)c2ccccc2)n1C. The molecule has 94 valence electrons. The number of rotatable bonds is 3. The number of amides is 1. The lowest BCUT2D eigenvalue weighted by molar-refractivity contribution is -0.117. The van der Waals surface area contributed by atoms with Gasteiger partial charge in [0.1, 0.15) is 5.82 Å². The van der Waals surface area contributed by atoms with Crippen LogP contribution in [0.15, 0.2) is 30.3 Å². The fraction of sp³-hybridized carbons (Fsp3) is 0.308. The van der Waals surface area contributed by atoms with E-state index < -0.39 is 0 Å². The van der Waals surface area contributed by atoms with E-state index in [-0.39, 0.29) is 11.8 Å². The van der Waals surface area contributed by atoms with Gasteiger partial charge in [-0.2, -0.15) is 0 Å². The van der Waals surface area contributed by atoms with Gasteiger partial charge in [-0.15, -0.1) is 10.2 Å². The molecule has 18 heavy (non-hydrogen) atoms. The minimum absolute atomic E-state index is 0.0864. The van der Waals surface area contributed by atoms with Crippen molar-refractivity contribution in [2.45, 2.75) is 19.8 Å². The number of hydrogen-bond acceptors (Lipinski definition) is 3. The number of hydrogen-bond donors (Lipinski definition) is 1. The van der Waals surface area contributed by atoms with Crippen LogP contribution in [0.4, 0.5) is 5.95 Å². The first kappa shape index (κ1) is 12.3. The van der Waals surface area contributed by atoms with Gasteiger partial charge >= 0.3 is 0 Å². The van der Waals surface area contributed by atoms with Crippen LogP contribution in [-0.4, -0.2) is 20.7 Å². The number of carbonyl (C=O) groups excluding carboxylic acids is 1. The van der Waals surface area contributed by atoms with Gasteiger partial charge < -0.3 is 4.57 Å². The molecule has 1 N–H and O–H groups in total. The largest absolute Gasteiger partial charge is 0.300 e. The molecular formula is C13H16N4O. The molecule has 5 heteroatoms. The van der Waals surface area contributed by atoms with E-state index in [2.05, 4.69) is 15.5 Å². The first-order valence-electron chi connectivity index (χ1n) is 5.81. The van der Waals surface area contributed by atoms with Crippen molar-refractivity contribution < 1.29 is 4.79 Å². The summed E-state index contributed by atoms with van der Waals surface area (Å²) in [6, 6.07) is 9.65. The predicted molar refractivity (Wildman–Crippen MR) is 69.2 cm³/mol. The van der Waals surface area contributed by atoms with Crippen LogP contribution < -0.4 is 5.32 Å². The fourth-order valence-corrected chi connectivity index (χ4v) is 1.63. The zero-order valence-electron chi connectivity index (χ0n) is 10.7. The summed E-state index contributed by atoms with van der Waals surface area (Å²) in [4.78, 5) is 12.1. The molecule has 0 aliphatic rings. The lowest BCUT2D eigenvalue weighted by Crippen LogP contribution is -2.21. The number of carbonyl (C=O) groups is 1. The number of aromatic nitrogens is 3. The van der Waals surface area contributed by atoms with Crippen LogP contribution in [0.3, 0.4) is 0 Å². The summed E-state index contributed by atoms with van der Waals surface area (Å²) in [5.41, 5.74) is 0.980. The van der Waals surface area contributed by atoms with Gasteiger partial charge in [0.2, 0.25) is 11.9 Å². The summed E-state index contributed by atoms with van der Waals surface area (Å²) in [6.45, 7) is 3.71. The molecule has 1 heterocycles. The molecule has 0 spiro atoms. The summed E-state index contributed by atoms with van der Waals surface area (Å²) < 4.78 is 1.75. The molecule has 0 bridgehead atoms. The van der Waals surface area contributed by atoms with E-state index >= 15 is 0 Å². The van der Waals surface area contributed by atoms with Crippen LogP contribution in [0.5, 0.6) is 0 Å². The molecule has 0 saturated heterocycles. The first-order chi connectivity index (χ1) is 8.59. The minimum Gasteiger partial charge on any atom is -0.300 e. The quantitative estimate of drug-likeness (QED) is 0.896. The Morgan fingerprint density at radius 2 is 1.94 bits per heavy atom. The Bertz CT molecular complexity index is 547. The fourth-order valence-electron chi connectivity index (χ4n) is 1.63. The molecule has 1 amide bonds. The summed E-state index contributed by atoms with van der Waals surface area (Å²) in [7, 11) is 1.82. The average Bonchev–Trinajstić information content (AvgIpc) is 2.71. The van der Waals surface area contributed by atoms with E-state index in [1.165, 1.54) is 0 Å². The molecule has 1 unspecified atom stereocenters. The van der Waals surface area contributed by atoms with Gasteiger partial charge in [0, 0.05) is 7.05 Å². The maximum atomic E-state index is 12.1. The Morgan fingerprint density at radius 3 is 2.50 bits per heavy atom. The van der Waals surface area contributed by atoms with E-state index in [0.717, 1.165) is 11.4 Å². The molecule has 0 aliphatic carbocycles. The molecule has 1 aromatic carbocycles. The summed E-state index contributed by atoms with van der Waals surface area (Å²) in [5, 5.41) is 10.6. The highest BCUT2D eigenvalue weighted by Gasteiger charge is 2.17. The second-order valence-electron chi connectivity index (χ2n) is 4.25. The van der Waals surface area contributed by atoms with Crippen LogP contribution in [0, 0.1) is 6.92 Å².